The first-order chi connectivity index (χ1) is 14.1. The van der Waals surface area contributed by atoms with Gasteiger partial charge in [-0.15, -0.1) is 10.2 Å². The fraction of sp³-hybridized carbons (Fsp3) is 0.609. The molecular weight excluding hydrogens is 386 g/mol. The summed E-state index contributed by atoms with van der Waals surface area (Å²) >= 11 is 5.97. The van der Waals surface area contributed by atoms with Crippen LogP contribution in [0.25, 0.3) is 11.5 Å². The number of hydrogen-bond acceptors (Lipinski definition) is 4. The standard InChI is InChI=1S/C23H26ClN3O2/c24-18-3-1-17(2-4-18)21-26-25-20(29-21)13-27(19-5-6-19)22(28)23-10-14-7-15(11-23)9-16(8-14)12-23/h1-4,14-16,19H,5-13H2. The second kappa shape index (κ2) is 6.56. The average molecular weight is 412 g/mol. The van der Waals surface area contributed by atoms with Gasteiger partial charge in [-0.05, 0) is 93.4 Å². The highest BCUT2D eigenvalue weighted by atomic mass is 35.5. The summed E-state index contributed by atoms with van der Waals surface area (Å²) in [4.78, 5) is 15.9. The summed E-state index contributed by atoms with van der Waals surface area (Å²) in [6.07, 6.45) is 9.54. The molecule has 5 aliphatic carbocycles. The molecule has 7 rings (SSSR count). The number of halogens is 1. The minimum atomic E-state index is -0.115. The number of carbonyl (C=O) groups excluding carboxylic acids is 1. The second-order valence-electron chi connectivity index (χ2n) is 9.87. The van der Waals surface area contributed by atoms with Crippen LogP contribution in [0.2, 0.25) is 5.02 Å². The summed E-state index contributed by atoms with van der Waals surface area (Å²) in [5.74, 6) is 3.68. The smallest absolute Gasteiger partial charge is 0.247 e. The Balaban J connectivity index is 1.23. The maximum atomic E-state index is 13.8. The van der Waals surface area contributed by atoms with E-state index in [2.05, 4.69) is 15.1 Å². The Kier molecular flexibility index (Phi) is 4.06. The molecule has 1 aromatic carbocycles. The molecule has 0 unspecified atom stereocenters. The summed E-state index contributed by atoms with van der Waals surface area (Å²) in [5, 5.41) is 9.13. The number of rotatable bonds is 5. The van der Waals surface area contributed by atoms with E-state index in [1.54, 1.807) is 0 Å². The van der Waals surface area contributed by atoms with Gasteiger partial charge in [-0.25, -0.2) is 0 Å². The highest BCUT2D eigenvalue weighted by molar-refractivity contribution is 6.30. The Hall–Kier alpha value is -1.88. The van der Waals surface area contributed by atoms with Crippen LogP contribution < -0.4 is 0 Å². The lowest BCUT2D eigenvalue weighted by molar-refractivity contribution is -0.159. The zero-order valence-electron chi connectivity index (χ0n) is 16.5. The maximum absolute atomic E-state index is 13.8. The monoisotopic (exact) mass is 411 g/mol. The van der Waals surface area contributed by atoms with Crippen molar-refractivity contribution >= 4 is 17.5 Å². The normalized spacial score (nSPS) is 32.5. The van der Waals surface area contributed by atoms with Crippen LogP contribution in [0, 0.1) is 23.2 Å². The zero-order chi connectivity index (χ0) is 19.6. The third-order valence-corrected chi connectivity index (χ3v) is 7.86. The van der Waals surface area contributed by atoms with Crippen LogP contribution in [-0.4, -0.2) is 27.0 Å². The molecule has 6 heteroatoms. The van der Waals surface area contributed by atoms with Gasteiger partial charge in [0.1, 0.15) is 0 Å². The van der Waals surface area contributed by atoms with Crippen LogP contribution in [-0.2, 0) is 11.3 Å². The maximum Gasteiger partial charge on any atom is 0.247 e. The first kappa shape index (κ1) is 17.9. The summed E-state index contributed by atoms with van der Waals surface area (Å²) in [6, 6.07) is 7.72. The lowest BCUT2D eigenvalue weighted by Gasteiger charge is -2.56. The van der Waals surface area contributed by atoms with E-state index in [4.69, 9.17) is 16.0 Å². The molecule has 1 aromatic heterocycles. The molecule has 0 spiro atoms. The van der Waals surface area contributed by atoms with E-state index < -0.39 is 0 Å². The van der Waals surface area contributed by atoms with E-state index >= 15 is 0 Å². The van der Waals surface area contributed by atoms with Gasteiger partial charge in [-0.2, -0.15) is 0 Å². The largest absolute Gasteiger partial charge is 0.419 e. The number of hydrogen-bond donors (Lipinski definition) is 0. The van der Waals surface area contributed by atoms with Crippen LogP contribution in [0.3, 0.4) is 0 Å². The van der Waals surface area contributed by atoms with E-state index in [1.165, 1.54) is 19.3 Å². The van der Waals surface area contributed by atoms with Gasteiger partial charge in [0.25, 0.3) is 0 Å². The Morgan fingerprint density at radius 3 is 2.24 bits per heavy atom. The van der Waals surface area contributed by atoms with Crippen molar-refractivity contribution in [1.82, 2.24) is 15.1 Å². The molecule has 5 aliphatic rings. The van der Waals surface area contributed by atoms with Crippen molar-refractivity contribution in [2.75, 3.05) is 0 Å². The van der Waals surface area contributed by atoms with Crippen LogP contribution in [0.4, 0.5) is 0 Å². The summed E-state index contributed by atoms with van der Waals surface area (Å²) in [5.41, 5.74) is 0.731. The minimum Gasteiger partial charge on any atom is -0.419 e. The quantitative estimate of drug-likeness (QED) is 0.686. The Labute approximate surface area is 175 Å². The lowest BCUT2D eigenvalue weighted by Crippen LogP contribution is -2.54. The Bertz CT molecular complexity index is 899. The van der Waals surface area contributed by atoms with Crippen LogP contribution in [0.15, 0.2) is 28.7 Å². The predicted molar refractivity (Wildman–Crippen MR) is 109 cm³/mol. The number of benzene rings is 1. The van der Waals surface area contributed by atoms with E-state index in [-0.39, 0.29) is 5.41 Å². The second-order valence-corrected chi connectivity index (χ2v) is 10.3. The van der Waals surface area contributed by atoms with Crippen molar-refractivity contribution < 1.29 is 9.21 Å². The molecule has 4 bridgehead atoms. The summed E-state index contributed by atoms with van der Waals surface area (Å²) in [7, 11) is 0. The molecule has 5 nitrogen and oxygen atoms in total. The number of amides is 1. The van der Waals surface area contributed by atoms with E-state index in [1.807, 2.05) is 24.3 Å². The van der Waals surface area contributed by atoms with Crippen molar-refractivity contribution in [2.45, 2.75) is 64.0 Å². The van der Waals surface area contributed by atoms with Crippen LogP contribution in [0.5, 0.6) is 0 Å². The van der Waals surface area contributed by atoms with Gasteiger partial charge in [0, 0.05) is 16.6 Å². The number of carbonyl (C=O) groups is 1. The molecule has 0 radical (unpaired) electrons. The SMILES string of the molecule is O=C(N(Cc1nnc(-c2ccc(Cl)cc2)o1)C1CC1)C12CC3CC(CC(C3)C1)C2. The summed E-state index contributed by atoms with van der Waals surface area (Å²) < 4.78 is 5.93. The minimum absolute atomic E-state index is 0.115. The topological polar surface area (TPSA) is 59.2 Å². The van der Waals surface area contributed by atoms with Gasteiger partial charge in [0.15, 0.2) is 0 Å². The first-order valence-corrected chi connectivity index (χ1v) is 11.4. The molecule has 5 saturated carbocycles. The Morgan fingerprint density at radius 1 is 1.03 bits per heavy atom. The third-order valence-electron chi connectivity index (χ3n) is 7.60. The number of nitrogens with zero attached hydrogens (tertiary/aromatic N) is 3. The summed E-state index contributed by atoms with van der Waals surface area (Å²) in [6.45, 7) is 0.436. The molecule has 152 valence electrons. The van der Waals surface area contributed by atoms with Crippen molar-refractivity contribution in [3.05, 3.63) is 35.2 Å². The van der Waals surface area contributed by atoms with Crippen molar-refractivity contribution in [3.63, 3.8) is 0 Å². The van der Waals surface area contributed by atoms with E-state index in [0.29, 0.717) is 35.3 Å². The van der Waals surface area contributed by atoms with Crippen LogP contribution >= 0.6 is 11.6 Å². The fourth-order valence-electron chi connectivity index (χ4n) is 6.60. The van der Waals surface area contributed by atoms with Gasteiger partial charge in [0.05, 0.1) is 12.0 Å². The molecule has 0 atom stereocenters. The van der Waals surface area contributed by atoms with Gasteiger partial charge in [-0.1, -0.05) is 11.6 Å². The molecule has 0 aliphatic heterocycles. The number of aromatic nitrogens is 2. The van der Waals surface area contributed by atoms with Crippen LogP contribution in [0.1, 0.15) is 57.3 Å². The fourth-order valence-corrected chi connectivity index (χ4v) is 6.73. The predicted octanol–water partition coefficient (Wildman–Crippen LogP) is 5.10. The highest BCUT2D eigenvalue weighted by Crippen LogP contribution is 2.61. The lowest BCUT2D eigenvalue weighted by atomic mass is 9.49. The van der Waals surface area contributed by atoms with Gasteiger partial charge in [-0.3, -0.25) is 4.79 Å². The first-order valence-electron chi connectivity index (χ1n) is 11.0. The molecule has 5 fully saturated rings. The van der Waals surface area contributed by atoms with Gasteiger partial charge >= 0.3 is 0 Å². The molecule has 0 N–H and O–H groups in total. The third kappa shape index (κ3) is 3.18. The van der Waals surface area contributed by atoms with Gasteiger partial charge in [0.2, 0.25) is 17.7 Å². The zero-order valence-corrected chi connectivity index (χ0v) is 17.3. The average Bonchev–Trinajstić information content (AvgIpc) is 3.43. The molecule has 29 heavy (non-hydrogen) atoms. The molecular formula is C23H26ClN3O2. The van der Waals surface area contributed by atoms with E-state index in [0.717, 1.165) is 55.4 Å². The molecule has 1 amide bonds. The highest BCUT2D eigenvalue weighted by Gasteiger charge is 2.56. The van der Waals surface area contributed by atoms with Gasteiger partial charge < -0.3 is 9.32 Å². The van der Waals surface area contributed by atoms with Crippen molar-refractivity contribution in [2.24, 2.45) is 23.2 Å². The van der Waals surface area contributed by atoms with Crippen molar-refractivity contribution in [1.29, 1.82) is 0 Å². The molecule has 1 heterocycles. The van der Waals surface area contributed by atoms with E-state index in [9.17, 15) is 4.79 Å². The Morgan fingerprint density at radius 2 is 1.66 bits per heavy atom. The molecule has 2 aromatic rings. The molecule has 0 saturated heterocycles. The van der Waals surface area contributed by atoms with Crippen molar-refractivity contribution in [3.8, 4) is 11.5 Å².